The number of halogens is 1. The minimum absolute atomic E-state index is 0.209. The Morgan fingerprint density at radius 1 is 1.00 bits per heavy atom. The zero-order valence-corrected chi connectivity index (χ0v) is 13.1. The van der Waals surface area contributed by atoms with E-state index in [1.807, 2.05) is 31.2 Å². The van der Waals surface area contributed by atoms with Gasteiger partial charge in [-0.15, -0.1) is 0 Å². The highest BCUT2D eigenvalue weighted by Crippen LogP contribution is 2.39. The zero-order chi connectivity index (χ0) is 16.5. The summed E-state index contributed by atoms with van der Waals surface area (Å²) in [4.78, 5) is 0. The summed E-state index contributed by atoms with van der Waals surface area (Å²) in [5, 5.41) is 8.63. The maximum absolute atomic E-state index is 13.0. The molecule has 0 fully saturated rings. The van der Waals surface area contributed by atoms with E-state index in [4.69, 9.17) is 9.47 Å². The van der Waals surface area contributed by atoms with Crippen LogP contribution in [0.2, 0.25) is 0 Å². The lowest BCUT2D eigenvalue weighted by molar-refractivity contribution is 0.174. The van der Waals surface area contributed by atoms with Crippen molar-refractivity contribution in [3.8, 4) is 11.5 Å². The van der Waals surface area contributed by atoms with Crippen LogP contribution >= 0.6 is 0 Å². The summed E-state index contributed by atoms with van der Waals surface area (Å²) in [7, 11) is 0. The Morgan fingerprint density at radius 3 is 2.67 bits per heavy atom. The van der Waals surface area contributed by atoms with E-state index in [9.17, 15) is 4.39 Å². The van der Waals surface area contributed by atoms with Gasteiger partial charge in [-0.25, -0.2) is 4.39 Å². The first-order valence-electron chi connectivity index (χ1n) is 7.67. The van der Waals surface area contributed by atoms with Crippen LogP contribution in [-0.2, 0) is 6.42 Å². The van der Waals surface area contributed by atoms with Gasteiger partial charge in [0.2, 0.25) is 6.79 Å². The van der Waals surface area contributed by atoms with Gasteiger partial charge in [-0.2, -0.15) is 10.2 Å². The molecule has 4 rings (SSSR count). The first-order valence-corrected chi connectivity index (χ1v) is 7.67. The summed E-state index contributed by atoms with van der Waals surface area (Å²) in [6.45, 7) is 2.16. The SMILES string of the molecule is CC1=NN=C(C=Cc2ccc(F)cc2)c2c(ccc3c2OCO3)C1. The van der Waals surface area contributed by atoms with Crippen molar-refractivity contribution in [3.63, 3.8) is 0 Å². The van der Waals surface area contributed by atoms with Crippen molar-refractivity contribution in [1.82, 2.24) is 0 Å². The van der Waals surface area contributed by atoms with Gasteiger partial charge >= 0.3 is 0 Å². The molecule has 0 aromatic heterocycles. The van der Waals surface area contributed by atoms with Crippen molar-refractivity contribution in [2.24, 2.45) is 10.2 Å². The molecular formula is C19H15FN2O2. The van der Waals surface area contributed by atoms with Gasteiger partial charge < -0.3 is 9.47 Å². The van der Waals surface area contributed by atoms with Crippen molar-refractivity contribution in [2.75, 3.05) is 6.79 Å². The number of fused-ring (bicyclic) bond motifs is 3. The monoisotopic (exact) mass is 322 g/mol. The van der Waals surface area contributed by atoms with Crippen molar-refractivity contribution in [3.05, 3.63) is 65.0 Å². The maximum Gasteiger partial charge on any atom is 0.231 e. The van der Waals surface area contributed by atoms with Crippen molar-refractivity contribution >= 4 is 17.5 Å². The topological polar surface area (TPSA) is 43.2 Å². The summed E-state index contributed by atoms with van der Waals surface area (Å²) >= 11 is 0. The van der Waals surface area contributed by atoms with Gasteiger partial charge in [-0.3, -0.25) is 0 Å². The summed E-state index contributed by atoms with van der Waals surface area (Å²) in [6.07, 6.45) is 4.47. The lowest BCUT2D eigenvalue weighted by atomic mass is 9.97. The van der Waals surface area contributed by atoms with E-state index >= 15 is 0 Å². The summed E-state index contributed by atoms with van der Waals surface area (Å²) in [5.74, 6) is 1.17. The van der Waals surface area contributed by atoms with E-state index in [1.165, 1.54) is 12.1 Å². The fraction of sp³-hybridized carbons (Fsp3) is 0.158. The average Bonchev–Trinajstić information content (AvgIpc) is 2.99. The Balaban J connectivity index is 1.78. The van der Waals surface area contributed by atoms with Gasteiger partial charge in [0.05, 0.1) is 11.3 Å². The van der Waals surface area contributed by atoms with Crippen LogP contribution < -0.4 is 9.47 Å². The van der Waals surface area contributed by atoms with Crippen LogP contribution in [0.3, 0.4) is 0 Å². The van der Waals surface area contributed by atoms with E-state index in [0.717, 1.165) is 28.2 Å². The number of hydrogen-bond acceptors (Lipinski definition) is 4. The van der Waals surface area contributed by atoms with Gasteiger partial charge in [0.25, 0.3) is 0 Å². The Hall–Kier alpha value is -2.95. The highest BCUT2D eigenvalue weighted by atomic mass is 19.1. The molecule has 0 unspecified atom stereocenters. The zero-order valence-electron chi connectivity index (χ0n) is 13.1. The third-order valence-corrected chi connectivity index (χ3v) is 3.96. The van der Waals surface area contributed by atoms with E-state index in [2.05, 4.69) is 10.2 Å². The second kappa shape index (κ2) is 5.92. The molecule has 2 aliphatic heterocycles. The van der Waals surface area contributed by atoms with Crippen molar-refractivity contribution in [2.45, 2.75) is 13.3 Å². The van der Waals surface area contributed by atoms with Crippen LogP contribution in [0.15, 0.2) is 52.7 Å². The summed E-state index contributed by atoms with van der Waals surface area (Å²) < 4.78 is 24.2. The fourth-order valence-electron chi connectivity index (χ4n) is 2.81. The van der Waals surface area contributed by atoms with Gasteiger partial charge in [0, 0.05) is 12.1 Å². The minimum atomic E-state index is -0.257. The number of nitrogens with zero attached hydrogens (tertiary/aromatic N) is 2. The second-order valence-electron chi connectivity index (χ2n) is 5.72. The van der Waals surface area contributed by atoms with Gasteiger partial charge in [-0.1, -0.05) is 24.3 Å². The molecular weight excluding hydrogens is 307 g/mol. The minimum Gasteiger partial charge on any atom is -0.454 e. The molecule has 5 heteroatoms. The third kappa shape index (κ3) is 2.69. The first-order chi connectivity index (χ1) is 11.7. The van der Waals surface area contributed by atoms with Crippen LogP contribution in [0.5, 0.6) is 11.5 Å². The molecule has 24 heavy (non-hydrogen) atoms. The highest BCUT2D eigenvalue weighted by molar-refractivity contribution is 6.15. The number of rotatable bonds is 2. The molecule has 2 aliphatic rings. The molecule has 0 amide bonds. The van der Waals surface area contributed by atoms with Crippen LogP contribution in [0, 0.1) is 5.82 Å². The van der Waals surface area contributed by atoms with Crippen LogP contribution in [-0.4, -0.2) is 18.2 Å². The molecule has 4 nitrogen and oxygen atoms in total. The fourth-order valence-corrected chi connectivity index (χ4v) is 2.81. The Morgan fingerprint density at radius 2 is 1.83 bits per heavy atom. The highest BCUT2D eigenvalue weighted by Gasteiger charge is 2.24. The number of allylic oxidation sites excluding steroid dienone is 1. The molecule has 120 valence electrons. The normalized spacial score (nSPS) is 15.8. The molecule has 2 aromatic carbocycles. The molecule has 0 saturated heterocycles. The lowest BCUT2D eigenvalue weighted by Crippen LogP contribution is -2.05. The standard InChI is InChI=1S/C19H15FN2O2/c1-12-10-14-5-9-17-19(24-11-23-17)18(14)16(22-21-12)8-4-13-2-6-15(20)7-3-13/h2-9H,10-11H2,1H3. The lowest BCUT2D eigenvalue weighted by Gasteiger charge is -2.09. The van der Waals surface area contributed by atoms with Crippen LogP contribution in [0.25, 0.3) is 6.08 Å². The van der Waals surface area contributed by atoms with Crippen molar-refractivity contribution < 1.29 is 13.9 Å². The largest absolute Gasteiger partial charge is 0.454 e. The van der Waals surface area contributed by atoms with Crippen molar-refractivity contribution in [1.29, 1.82) is 0 Å². The number of benzene rings is 2. The predicted molar refractivity (Wildman–Crippen MR) is 91.3 cm³/mol. The maximum atomic E-state index is 13.0. The number of ether oxygens (including phenoxy) is 2. The molecule has 0 N–H and O–H groups in total. The molecule has 0 aliphatic carbocycles. The van der Waals surface area contributed by atoms with E-state index < -0.39 is 0 Å². The Bertz CT molecular complexity index is 883. The molecule has 2 heterocycles. The predicted octanol–water partition coefficient (Wildman–Crippen LogP) is 3.99. The van der Waals surface area contributed by atoms with Crippen LogP contribution in [0.1, 0.15) is 23.6 Å². The molecule has 0 bridgehead atoms. The second-order valence-corrected chi connectivity index (χ2v) is 5.72. The molecule has 0 radical (unpaired) electrons. The molecule has 0 spiro atoms. The summed E-state index contributed by atoms with van der Waals surface area (Å²) in [6, 6.07) is 10.2. The Labute approximate surface area is 138 Å². The number of hydrogen-bond donors (Lipinski definition) is 0. The smallest absolute Gasteiger partial charge is 0.231 e. The molecule has 0 saturated carbocycles. The molecule has 0 atom stereocenters. The van der Waals surface area contributed by atoms with Gasteiger partial charge in [0.15, 0.2) is 11.5 Å². The van der Waals surface area contributed by atoms with Gasteiger partial charge in [-0.05, 0) is 42.3 Å². The average molecular weight is 322 g/mol. The van der Waals surface area contributed by atoms with E-state index in [-0.39, 0.29) is 12.6 Å². The summed E-state index contributed by atoms with van der Waals surface area (Å²) in [5.41, 5.74) is 4.52. The molecule has 2 aromatic rings. The van der Waals surface area contributed by atoms with Crippen LogP contribution in [0.4, 0.5) is 4.39 Å². The Kier molecular flexibility index (Phi) is 3.61. The van der Waals surface area contributed by atoms with E-state index in [0.29, 0.717) is 17.9 Å². The third-order valence-electron chi connectivity index (χ3n) is 3.96. The van der Waals surface area contributed by atoms with Gasteiger partial charge in [0.1, 0.15) is 5.82 Å². The van der Waals surface area contributed by atoms with E-state index in [1.54, 1.807) is 12.1 Å². The first kappa shape index (κ1) is 14.6. The quantitative estimate of drug-likeness (QED) is 0.839.